The molecule has 204 valence electrons. The lowest BCUT2D eigenvalue weighted by molar-refractivity contribution is 0.0973. The minimum atomic E-state index is 0.198. The van der Waals surface area contributed by atoms with E-state index in [1.165, 1.54) is 6.42 Å². The third-order valence-corrected chi connectivity index (χ3v) is 7.39. The molecule has 0 unspecified atom stereocenters. The summed E-state index contributed by atoms with van der Waals surface area (Å²) in [5, 5.41) is 4.49. The molecule has 2 atom stereocenters. The summed E-state index contributed by atoms with van der Waals surface area (Å²) >= 11 is 0. The zero-order chi connectivity index (χ0) is 26.5. The van der Waals surface area contributed by atoms with Crippen molar-refractivity contribution in [2.45, 2.75) is 52.2 Å². The lowest BCUT2D eigenvalue weighted by Gasteiger charge is -2.37. The van der Waals surface area contributed by atoms with Gasteiger partial charge in [0.05, 0.1) is 56.7 Å². The number of hydrogen-bond donors (Lipinski definition) is 1. The van der Waals surface area contributed by atoms with Crippen LogP contribution in [-0.4, -0.2) is 80.2 Å². The number of ether oxygens (including phenoxy) is 3. The van der Waals surface area contributed by atoms with Crippen LogP contribution in [0.15, 0.2) is 30.3 Å². The molecule has 4 heterocycles. The molecule has 0 amide bonds. The number of anilines is 2. The van der Waals surface area contributed by atoms with Crippen molar-refractivity contribution in [3.05, 3.63) is 35.9 Å². The molecule has 0 radical (unpaired) electrons. The lowest BCUT2D eigenvalue weighted by atomic mass is 10.1. The molecule has 0 bridgehead atoms. The quantitative estimate of drug-likeness (QED) is 0.420. The summed E-state index contributed by atoms with van der Waals surface area (Å²) in [6.07, 6.45) is 2.33. The van der Waals surface area contributed by atoms with Crippen molar-refractivity contribution in [1.82, 2.24) is 20.3 Å². The topological polar surface area (TPSA) is 84.9 Å². The molecular weight excluding hydrogens is 480 g/mol. The predicted octanol–water partition coefficient (Wildman–Crippen LogP) is 4.04. The molecule has 9 heteroatoms. The van der Waals surface area contributed by atoms with E-state index in [0.29, 0.717) is 38.0 Å². The summed E-state index contributed by atoms with van der Waals surface area (Å²) in [7, 11) is 1.72. The molecule has 5 rings (SSSR count). The van der Waals surface area contributed by atoms with Crippen molar-refractivity contribution in [3.8, 4) is 17.0 Å². The molecular formula is C29H40N6O3. The normalized spacial score (nSPS) is 20.2. The van der Waals surface area contributed by atoms with Gasteiger partial charge in [0.25, 0.3) is 0 Å². The number of morpholine rings is 2. The minimum absolute atomic E-state index is 0.198. The van der Waals surface area contributed by atoms with Crippen molar-refractivity contribution >= 4 is 22.8 Å². The fraction of sp³-hybridized carbons (Fsp3) is 0.552. The van der Waals surface area contributed by atoms with E-state index in [0.717, 1.165) is 66.4 Å². The molecule has 0 aliphatic carbocycles. The molecule has 2 aromatic heterocycles. The van der Waals surface area contributed by atoms with Gasteiger partial charge in [-0.05, 0) is 57.1 Å². The molecule has 0 spiro atoms. The summed E-state index contributed by atoms with van der Waals surface area (Å²) in [4.78, 5) is 19.7. The molecule has 2 aliphatic heterocycles. The first kappa shape index (κ1) is 26.6. The number of unbranched alkanes of at least 4 members (excludes halogenated alkanes) is 1. The Morgan fingerprint density at radius 2 is 1.74 bits per heavy atom. The molecule has 1 N–H and O–H groups in total. The maximum atomic E-state index is 5.71. The highest BCUT2D eigenvalue weighted by atomic mass is 16.5. The summed E-state index contributed by atoms with van der Waals surface area (Å²) < 4.78 is 17.0. The molecule has 0 saturated carbocycles. The first-order valence-corrected chi connectivity index (χ1v) is 13.8. The molecule has 2 saturated heterocycles. The van der Waals surface area contributed by atoms with E-state index in [-0.39, 0.29) is 12.1 Å². The van der Waals surface area contributed by atoms with Crippen LogP contribution in [0.25, 0.3) is 22.3 Å². The van der Waals surface area contributed by atoms with Crippen molar-refractivity contribution in [1.29, 1.82) is 0 Å². The zero-order valence-electron chi connectivity index (χ0n) is 23.1. The van der Waals surface area contributed by atoms with Crippen LogP contribution in [0.2, 0.25) is 0 Å². The fourth-order valence-electron chi connectivity index (χ4n) is 5.16. The van der Waals surface area contributed by atoms with Crippen molar-refractivity contribution < 1.29 is 14.2 Å². The predicted molar refractivity (Wildman–Crippen MR) is 151 cm³/mol. The number of methoxy groups -OCH3 is 1. The van der Waals surface area contributed by atoms with Gasteiger partial charge in [0.15, 0.2) is 5.65 Å². The Kier molecular flexibility index (Phi) is 8.56. The average molecular weight is 521 g/mol. The Labute approximate surface area is 225 Å². The monoisotopic (exact) mass is 520 g/mol. The maximum Gasteiger partial charge on any atom is 0.229 e. The molecule has 2 aliphatic rings. The molecule has 3 aromatic rings. The van der Waals surface area contributed by atoms with Crippen LogP contribution in [0, 0.1) is 0 Å². The van der Waals surface area contributed by atoms with E-state index in [9.17, 15) is 0 Å². The van der Waals surface area contributed by atoms with Gasteiger partial charge in [-0.2, -0.15) is 9.97 Å². The van der Waals surface area contributed by atoms with Gasteiger partial charge in [-0.1, -0.05) is 13.3 Å². The molecule has 1 aromatic carbocycles. The molecule has 9 nitrogen and oxygen atoms in total. The number of hydrogen-bond acceptors (Lipinski definition) is 9. The van der Waals surface area contributed by atoms with Gasteiger partial charge in [0, 0.05) is 30.8 Å². The number of benzene rings is 1. The number of nitrogens with zero attached hydrogens (tertiary/aromatic N) is 5. The van der Waals surface area contributed by atoms with Crippen LogP contribution in [-0.2, 0) is 16.0 Å². The number of aromatic nitrogens is 3. The summed E-state index contributed by atoms with van der Waals surface area (Å²) in [5.41, 5.74) is 3.76. The number of pyridine rings is 1. The highest BCUT2D eigenvalue weighted by molar-refractivity contribution is 5.90. The first-order valence-electron chi connectivity index (χ1n) is 13.8. The van der Waals surface area contributed by atoms with E-state index in [4.69, 9.17) is 29.2 Å². The Hall–Kier alpha value is -3.01. The van der Waals surface area contributed by atoms with Crippen molar-refractivity contribution in [2.24, 2.45) is 0 Å². The van der Waals surface area contributed by atoms with Gasteiger partial charge in [-0.15, -0.1) is 0 Å². The van der Waals surface area contributed by atoms with Crippen LogP contribution in [0.4, 0.5) is 11.8 Å². The number of nitrogens with one attached hydrogen (secondary N) is 1. The second kappa shape index (κ2) is 12.2. The minimum Gasteiger partial charge on any atom is -0.496 e. The standard InChI is InChI=1S/C29H40N6O3/c1-5-6-11-30-17-23-16-22(7-10-26(23)36-4)25-9-8-24-27(31-25)32-29(35-13-15-38-19-21(35)3)33-28(24)34-12-14-37-18-20(34)2/h7-10,16,20-21,30H,5-6,11-15,17-19H2,1-4H3/t20-,21-/m0/s1. The fourth-order valence-corrected chi connectivity index (χ4v) is 5.16. The summed E-state index contributed by atoms with van der Waals surface area (Å²) in [5.74, 6) is 2.52. The van der Waals surface area contributed by atoms with E-state index < -0.39 is 0 Å². The highest BCUT2D eigenvalue weighted by Crippen LogP contribution is 2.32. The Morgan fingerprint density at radius 1 is 0.974 bits per heavy atom. The SMILES string of the molecule is CCCCNCc1cc(-c2ccc3c(N4CCOC[C@@H]4C)nc(N4CCOC[C@@H]4C)nc3n2)ccc1OC. The van der Waals surface area contributed by atoms with Crippen molar-refractivity contribution in [2.75, 3.05) is 63.0 Å². The van der Waals surface area contributed by atoms with Gasteiger partial charge >= 0.3 is 0 Å². The third kappa shape index (κ3) is 5.70. The van der Waals surface area contributed by atoms with Gasteiger partial charge in [0.1, 0.15) is 11.6 Å². The van der Waals surface area contributed by atoms with E-state index in [1.807, 2.05) is 6.07 Å². The van der Waals surface area contributed by atoms with Crippen LogP contribution in [0.3, 0.4) is 0 Å². The zero-order valence-corrected chi connectivity index (χ0v) is 23.1. The van der Waals surface area contributed by atoms with Gasteiger partial charge in [0.2, 0.25) is 5.95 Å². The van der Waals surface area contributed by atoms with Gasteiger partial charge in [-0.25, -0.2) is 4.98 Å². The number of fused-ring (bicyclic) bond motifs is 1. The van der Waals surface area contributed by atoms with Gasteiger partial charge in [-0.3, -0.25) is 0 Å². The Bertz CT molecular complexity index is 1240. The van der Waals surface area contributed by atoms with Crippen LogP contribution in [0.1, 0.15) is 39.2 Å². The second-order valence-corrected chi connectivity index (χ2v) is 10.2. The lowest BCUT2D eigenvalue weighted by Crippen LogP contribution is -2.46. The Balaban J connectivity index is 1.55. The first-order chi connectivity index (χ1) is 18.6. The van der Waals surface area contributed by atoms with Crippen LogP contribution < -0.4 is 19.9 Å². The summed E-state index contributed by atoms with van der Waals surface area (Å²) in [6, 6.07) is 10.9. The van der Waals surface area contributed by atoms with Crippen LogP contribution in [0.5, 0.6) is 5.75 Å². The molecule has 38 heavy (non-hydrogen) atoms. The third-order valence-electron chi connectivity index (χ3n) is 7.39. The van der Waals surface area contributed by atoms with Crippen LogP contribution >= 0.6 is 0 Å². The van der Waals surface area contributed by atoms with Gasteiger partial charge < -0.3 is 29.3 Å². The van der Waals surface area contributed by atoms with E-state index in [2.05, 4.69) is 60.2 Å². The number of rotatable bonds is 9. The maximum absolute atomic E-state index is 5.71. The van der Waals surface area contributed by atoms with E-state index >= 15 is 0 Å². The average Bonchev–Trinajstić information content (AvgIpc) is 2.95. The highest BCUT2D eigenvalue weighted by Gasteiger charge is 2.27. The molecule has 2 fully saturated rings. The second-order valence-electron chi connectivity index (χ2n) is 10.2. The largest absolute Gasteiger partial charge is 0.496 e. The van der Waals surface area contributed by atoms with E-state index in [1.54, 1.807) is 7.11 Å². The Morgan fingerprint density at radius 3 is 2.45 bits per heavy atom. The smallest absolute Gasteiger partial charge is 0.229 e. The van der Waals surface area contributed by atoms with Crippen molar-refractivity contribution in [3.63, 3.8) is 0 Å². The summed E-state index contributed by atoms with van der Waals surface area (Å²) in [6.45, 7) is 12.5.